The van der Waals surface area contributed by atoms with Crippen LogP contribution in [-0.4, -0.2) is 69.8 Å². The minimum atomic E-state index is -0.520. The van der Waals surface area contributed by atoms with Crippen LogP contribution in [0.25, 0.3) is 27.8 Å². The van der Waals surface area contributed by atoms with Crippen LogP contribution in [0.1, 0.15) is 128 Å². The zero-order chi connectivity index (χ0) is 39.7. The smallest absolute Gasteiger partial charge is 0.410 e. The Morgan fingerprint density at radius 1 is 0.684 bits per heavy atom. The molecule has 8 heteroatoms. The summed E-state index contributed by atoms with van der Waals surface area (Å²) in [5, 5.41) is 0. The summed E-state index contributed by atoms with van der Waals surface area (Å²) < 4.78 is 11.5. The second kappa shape index (κ2) is 14.3. The number of aliphatic imine (C=N–C) groups is 2. The van der Waals surface area contributed by atoms with E-state index in [1.165, 1.54) is 76.6 Å². The molecule has 0 bridgehead atoms. The predicted molar refractivity (Wildman–Crippen MR) is 229 cm³/mol. The van der Waals surface area contributed by atoms with E-state index in [1.54, 1.807) is 5.56 Å². The Bertz CT molecular complexity index is 2190. The molecule has 9 rings (SSSR count). The number of hydrogen-bond donors (Lipinski definition) is 0. The van der Waals surface area contributed by atoms with Gasteiger partial charge >= 0.3 is 12.2 Å². The molecule has 298 valence electrons. The number of allylic oxidation sites excluding steroid dienone is 1. The number of rotatable bonds is 5. The number of fused-ring (bicyclic) bond motifs is 3. The van der Waals surface area contributed by atoms with E-state index in [2.05, 4.69) is 60.8 Å². The first-order valence-corrected chi connectivity index (χ1v) is 21.5. The zero-order valence-corrected chi connectivity index (χ0v) is 34.7. The first kappa shape index (κ1) is 37.8. The molecule has 8 nitrogen and oxygen atoms in total. The predicted octanol–water partition coefficient (Wildman–Crippen LogP) is 11.4. The van der Waals surface area contributed by atoms with Crippen LogP contribution in [0.4, 0.5) is 15.3 Å². The fourth-order valence-electron chi connectivity index (χ4n) is 10.7. The minimum Gasteiger partial charge on any atom is -0.444 e. The number of nitrogens with zero attached hydrogens (tertiary/aromatic N) is 4. The largest absolute Gasteiger partial charge is 0.444 e. The maximum Gasteiger partial charge on any atom is 0.410 e. The van der Waals surface area contributed by atoms with Crippen molar-refractivity contribution in [1.29, 1.82) is 0 Å². The molecule has 4 heterocycles. The second-order valence-corrected chi connectivity index (χ2v) is 19.3. The van der Waals surface area contributed by atoms with Crippen molar-refractivity contribution in [3.63, 3.8) is 0 Å². The van der Waals surface area contributed by atoms with Crippen LogP contribution in [0.15, 0.2) is 70.8 Å². The molecule has 2 atom stereocenters. The molecular weight excluding hydrogens is 709 g/mol. The van der Waals surface area contributed by atoms with E-state index in [4.69, 9.17) is 19.5 Å². The Balaban J connectivity index is 0.936. The number of carbonyl (C=O) groups is 2. The van der Waals surface area contributed by atoms with Gasteiger partial charge in [0.25, 0.3) is 0 Å². The molecular formula is C49H58N4O4. The summed E-state index contributed by atoms with van der Waals surface area (Å²) in [6, 6.07) is 20.5. The monoisotopic (exact) mass is 766 g/mol. The number of hydrogen-bond acceptors (Lipinski definition) is 6. The second-order valence-electron chi connectivity index (χ2n) is 19.3. The van der Waals surface area contributed by atoms with Gasteiger partial charge in [-0.15, -0.1) is 0 Å². The number of benzene rings is 3. The van der Waals surface area contributed by atoms with Gasteiger partial charge in [0, 0.05) is 43.6 Å². The van der Waals surface area contributed by atoms with Gasteiger partial charge in [0.15, 0.2) is 0 Å². The lowest BCUT2D eigenvalue weighted by Gasteiger charge is -2.29. The van der Waals surface area contributed by atoms with Crippen LogP contribution >= 0.6 is 0 Å². The highest BCUT2D eigenvalue weighted by molar-refractivity contribution is 6.03. The van der Waals surface area contributed by atoms with Crippen LogP contribution in [0.5, 0.6) is 0 Å². The lowest BCUT2D eigenvalue weighted by Crippen LogP contribution is -2.43. The number of carbonyl (C=O) groups excluding carboxylic acids is 2. The number of ether oxygens (including phenoxy) is 2. The van der Waals surface area contributed by atoms with E-state index in [0.717, 1.165) is 68.6 Å². The maximum atomic E-state index is 13.1. The highest BCUT2D eigenvalue weighted by Gasteiger charge is 2.44. The third-order valence-electron chi connectivity index (χ3n) is 13.1. The lowest BCUT2D eigenvalue weighted by atomic mass is 9.76. The van der Waals surface area contributed by atoms with Crippen LogP contribution < -0.4 is 0 Å². The summed E-state index contributed by atoms with van der Waals surface area (Å²) in [7, 11) is 0. The van der Waals surface area contributed by atoms with E-state index in [1.807, 2.05) is 51.3 Å². The van der Waals surface area contributed by atoms with E-state index < -0.39 is 11.2 Å². The fraction of sp³-hybridized carbons (Fsp3) is 0.510. The van der Waals surface area contributed by atoms with Crippen LogP contribution in [0.3, 0.4) is 0 Å². The molecule has 0 radical (unpaired) electrons. The Morgan fingerprint density at radius 2 is 1.28 bits per heavy atom. The third-order valence-corrected chi connectivity index (χ3v) is 13.1. The molecule has 2 amide bonds. The molecule has 57 heavy (non-hydrogen) atoms. The molecule has 3 aromatic rings. The molecule has 3 aromatic carbocycles. The Kier molecular flexibility index (Phi) is 9.48. The summed E-state index contributed by atoms with van der Waals surface area (Å²) >= 11 is 0. The van der Waals surface area contributed by atoms with Crippen molar-refractivity contribution in [2.24, 2.45) is 9.98 Å². The van der Waals surface area contributed by atoms with Gasteiger partial charge in [-0.25, -0.2) is 9.59 Å². The molecule has 2 aliphatic carbocycles. The van der Waals surface area contributed by atoms with Gasteiger partial charge in [-0.3, -0.25) is 19.8 Å². The molecule has 0 aromatic heterocycles. The lowest BCUT2D eigenvalue weighted by molar-refractivity contribution is 0.0254. The molecule has 2 saturated heterocycles. The highest BCUT2D eigenvalue weighted by Crippen LogP contribution is 2.55. The molecule has 0 N–H and O–H groups in total. The molecule has 1 spiro atoms. The molecule has 1 saturated carbocycles. The first-order chi connectivity index (χ1) is 27.3. The highest BCUT2D eigenvalue weighted by atomic mass is 16.6. The average molecular weight is 767 g/mol. The molecule has 6 aliphatic rings. The van der Waals surface area contributed by atoms with Crippen molar-refractivity contribution >= 4 is 34.9 Å². The third kappa shape index (κ3) is 7.23. The van der Waals surface area contributed by atoms with Gasteiger partial charge < -0.3 is 9.47 Å². The maximum absolute atomic E-state index is 13.1. The van der Waals surface area contributed by atoms with Crippen molar-refractivity contribution in [2.45, 2.75) is 147 Å². The standard InChI is InChI=1S/C49H58N4O4/c1-47(2,3)56-45(54)52-25-9-11-42(52)40-29-35(30-50-40)36-18-19-37(44-38(36)21-24-49(44)22-7-8-23-49)32-15-13-31(14-16-32)33-17-20-39-34(27-33)28-41(51-39)43-12-10-26-53(43)46(55)57-48(4,5)6/h13-20,27,30,42-43H,7-12,21-26,28-29H2,1-6H3/t42-,43-/m0/s1. The minimum absolute atomic E-state index is 0.00248. The fourth-order valence-corrected chi connectivity index (χ4v) is 10.7. The summed E-state index contributed by atoms with van der Waals surface area (Å²) in [6.07, 6.45) is 14.4. The van der Waals surface area contributed by atoms with Gasteiger partial charge in [0.2, 0.25) is 0 Å². The van der Waals surface area contributed by atoms with Gasteiger partial charge in [0.05, 0.1) is 17.8 Å². The van der Waals surface area contributed by atoms with Gasteiger partial charge in [-0.1, -0.05) is 55.3 Å². The van der Waals surface area contributed by atoms with Crippen molar-refractivity contribution in [1.82, 2.24) is 9.80 Å². The first-order valence-electron chi connectivity index (χ1n) is 21.5. The summed E-state index contributed by atoms with van der Waals surface area (Å²) in [6.45, 7) is 13.0. The quantitative estimate of drug-likeness (QED) is 0.259. The van der Waals surface area contributed by atoms with Gasteiger partial charge in [-0.05, 0) is 161 Å². The van der Waals surface area contributed by atoms with Crippen LogP contribution in [0.2, 0.25) is 0 Å². The van der Waals surface area contributed by atoms with E-state index >= 15 is 0 Å². The summed E-state index contributed by atoms with van der Waals surface area (Å²) in [5.41, 5.74) is 14.4. The Labute approximate surface area is 338 Å². The molecule has 4 aliphatic heterocycles. The molecule has 3 fully saturated rings. The zero-order valence-electron chi connectivity index (χ0n) is 34.7. The Morgan fingerprint density at radius 3 is 1.93 bits per heavy atom. The normalized spacial score (nSPS) is 22.5. The van der Waals surface area contributed by atoms with E-state index in [-0.39, 0.29) is 29.7 Å². The number of amides is 2. The van der Waals surface area contributed by atoms with Crippen LogP contribution in [-0.2, 0) is 27.7 Å². The Hall–Kier alpha value is -4.72. The van der Waals surface area contributed by atoms with Crippen molar-refractivity contribution in [2.75, 3.05) is 13.1 Å². The SMILES string of the molecule is CC(C)(C)OC(=O)N1CCC[C@H]1C1=NC=C(c2ccc(-c3ccc(-c4ccc5c(c4)CC([C@@H]4CCCN4C(=O)OC(C)(C)C)=N5)cc3)c3c2CCC32CCCC2)C1. The summed E-state index contributed by atoms with van der Waals surface area (Å²) in [5.74, 6) is 0. The molecule has 0 unspecified atom stereocenters. The average Bonchev–Trinajstić information content (AvgIpc) is 4.02. The van der Waals surface area contributed by atoms with E-state index in [9.17, 15) is 9.59 Å². The van der Waals surface area contributed by atoms with Crippen molar-refractivity contribution in [3.8, 4) is 22.3 Å². The number of likely N-dealkylation sites (tertiary alicyclic amines) is 2. The van der Waals surface area contributed by atoms with Crippen molar-refractivity contribution < 1.29 is 19.1 Å². The van der Waals surface area contributed by atoms with Crippen LogP contribution in [0, 0.1) is 0 Å². The van der Waals surface area contributed by atoms with Gasteiger partial charge in [-0.2, -0.15) is 0 Å². The van der Waals surface area contributed by atoms with Crippen molar-refractivity contribution in [3.05, 3.63) is 83.1 Å². The summed E-state index contributed by atoms with van der Waals surface area (Å²) in [4.78, 5) is 39.9. The van der Waals surface area contributed by atoms with Gasteiger partial charge in [0.1, 0.15) is 11.2 Å². The topological polar surface area (TPSA) is 83.8 Å². The van der Waals surface area contributed by atoms with E-state index in [0.29, 0.717) is 6.54 Å².